The first-order valence-corrected chi connectivity index (χ1v) is 11.3. The van der Waals surface area contributed by atoms with Crippen LogP contribution in [0.2, 0.25) is 0 Å². The lowest BCUT2D eigenvalue weighted by Crippen LogP contribution is -2.22. The van der Waals surface area contributed by atoms with Crippen LogP contribution in [-0.2, 0) is 0 Å². The molecule has 5 nitrogen and oxygen atoms in total. The third-order valence-corrected chi connectivity index (χ3v) is 6.16. The van der Waals surface area contributed by atoms with E-state index in [0.717, 1.165) is 27.8 Å². The summed E-state index contributed by atoms with van der Waals surface area (Å²) in [5.74, 6) is 0.727. The Hall–Kier alpha value is -4.51. The van der Waals surface area contributed by atoms with Gasteiger partial charge in [-0.25, -0.2) is 0 Å². The van der Waals surface area contributed by atoms with Gasteiger partial charge in [-0.05, 0) is 67.9 Å². The van der Waals surface area contributed by atoms with Crippen molar-refractivity contribution in [2.24, 2.45) is 0 Å². The molecule has 35 heavy (non-hydrogen) atoms. The predicted octanol–water partition coefficient (Wildman–Crippen LogP) is 5.91. The lowest BCUT2D eigenvalue weighted by molar-refractivity contribution is 0.103. The average Bonchev–Trinajstić information content (AvgIpc) is 2.89. The molecule has 0 saturated carbocycles. The van der Waals surface area contributed by atoms with Crippen molar-refractivity contribution in [2.75, 3.05) is 7.11 Å². The SMILES string of the molecule is COc1ccc(-c2nn(-c3ccc(C(=O)c4ccc(C)cc4)cc3)c(=O)c3ccccc23)cc1C. The summed E-state index contributed by atoms with van der Waals surface area (Å²) in [6.07, 6.45) is 0. The zero-order chi connectivity index (χ0) is 24.5. The number of aryl methyl sites for hydroxylation is 2. The Balaban J connectivity index is 1.61. The highest BCUT2D eigenvalue weighted by atomic mass is 16.5. The fraction of sp³-hybridized carbons (Fsp3) is 0.100. The van der Waals surface area contributed by atoms with Crippen LogP contribution in [0.1, 0.15) is 27.0 Å². The molecule has 0 spiro atoms. The largest absolute Gasteiger partial charge is 0.496 e. The molecule has 1 heterocycles. The van der Waals surface area contributed by atoms with Gasteiger partial charge in [0.25, 0.3) is 5.56 Å². The molecule has 5 rings (SSSR count). The Morgan fingerprint density at radius 1 is 0.800 bits per heavy atom. The van der Waals surface area contributed by atoms with Gasteiger partial charge in [0.15, 0.2) is 5.78 Å². The quantitative estimate of drug-likeness (QED) is 0.306. The Labute approximate surface area is 203 Å². The maximum Gasteiger partial charge on any atom is 0.279 e. The number of ether oxygens (including phenoxy) is 1. The molecule has 0 aliphatic carbocycles. The molecule has 5 heteroatoms. The Bertz CT molecular complexity index is 1620. The molecular formula is C30H24N2O3. The smallest absolute Gasteiger partial charge is 0.279 e. The second kappa shape index (κ2) is 9.03. The number of benzene rings is 4. The number of carbonyl (C=O) groups is 1. The first-order chi connectivity index (χ1) is 17.0. The first kappa shape index (κ1) is 22.3. The van der Waals surface area contributed by atoms with Crippen LogP contribution in [0.15, 0.2) is 95.8 Å². The summed E-state index contributed by atoms with van der Waals surface area (Å²) in [6, 6.07) is 27.8. The van der Waals surface area contributed by atoms with Crippen LogP contribution in [0.25, 0.3) is 27.7 Å². The maximum absolute atomic E-state index is 13.4. The minimum Gasteiger partial charge on any atom is -0.496 e. The highest BCUT2D eigenvalue weighted by Gasteiger charge is 2.15. The summed E-state index contributed by atoms with van der Waals surface area (Å²) in [5, 5.41) is 6.12. The van der Waals surface area contributed by atoms with Gasteiger partial charge in [-0.1, -0.05) is 48.0 Å². The molecule has 0 aliphatic rings. The van der Waals surface area contributed by atoms with Gasteiger partial charge in [0.2, 0.25) is 0 Å². The molecule has 0 amide bonds. The average molecular weight is 461 g/mol. The minimum atomic E-state index is -0.216. The van der Waals surface area contributed by atoms with Crippen LogP contribution in [0.3, 0.4) is 0 Å². The van der Waals surface area contributed by atoms with E-state index < -0.39 is 0 Å². The van der Waals surface area contributed by atoms with Gasteiger partial charge < -0.3 is 4.74 Å². The van der Waals surface area contributed by atoms with Crippen molar-refractivity contribution in [3.05, 3.63) is 124 Å². The molecule has 172 valence electrons. The van der Waals surface area contributed by atoms with Gasteiger partial charge in [0, 0.05) is 22.1 Å². The second-order valence-corrected chi connectivity index (χ2v) is 8.54. The molecule has 0 atom stereocenters. The van der Waals surface area contributed by atoms with Crippen LogP contribution < -0.4 is 10.3 Å². The summed E-state index contributed by atoms with van der Waals surface area (Å²) >= 11 is 0. The highest BCUT2D eigenvalue weighted by Crippen LogP contribution is 2.29. The van der Waals surface area contributed by atoms with E-state index in [0.29, 0.717) is 27.9 Å². The normalized spacial score (nSPS) is 10.9. The minimum absolute atomic E-state index is 0.0650. The highest BCUT2D eigenvalue weighted by molar-refractivity contribution is 6.09. The van der Waals surface area contributed by atoms with E-state index in [9.17, 15) is 9.59 Å². The zero-order valence-electron chi connectivity index (χ0n) is 19.8. The molecule has 4 aromatic carbocycles. The van der Waals surface area contributed by atoms with Gasteiger partial charge in [0.05, 0.1) is 23.9 Å². The van der Waals surface area contributed by atoms with E-state index in [-0.39, 0.29) is 11.3 Å². The summed E-state index contributed by atoms with van der Waals surface area (Å²) in [4.78, 5) is 26.2. The fourth-order valence-corrected chi connectivity index (χ4v) is 4.23. The maximum atomic E-state index is 13.4. The molecular weight excluding hydrogens is 436 g/mol. The Kier molecular flexibility index (Phi) is 5.75. The molecule has 0 aliphatic heterocycles. The van der Waals surface area contributed by atoms with Gasteiger partial charge in [-0.15, -0.1) is 0 Å². The third kappa shape index (κ3) is 4.13. The van der Waals surface area contributed by atoms with Crippen LogP contribution in [-0.4, -0.2) is 22.7 Å². The van der Waals surface area contributed by atoms with Crippen LogP contribution in [0, 0.1) is 13.8 Å². The molecule has 0 unspecified atom stereocenters. The van der Waals surface area contributed by atoms with Crippen molar-refractivity contribution < 1.29 is 9.53 Å². The van der Waals surface area contributed by atoms with E-state index in [4.69, 9.17) is 9.84 Å². The number of methoxy groups -OCH3 is 1. The molecule has 1 aromatic heterocycles. The van der Waals surface area contributed by atoms with Gasteiger partial charge in [-0.3, -0.25) is 9.59 Å². The van der Waals surface area contributed by atoms with E-state index in [1.807, 2.05) is 80.6 Å². The van der Waals surface area contributed by atoms with Gasteiger partial charge in [-0.2, -0.15) is 9.78 Å². The summed E-state index contributed by atoms with van der Waals surface area (Å²) < 4.78 is 6.80. The van der Waals surface area contributed by atoms with Gasteiger partial charge >= 0.3 is 0 Å². The van der Waals surface area contributed by atoms with Crippen molar-refractivity contribution in [3.63, 3.8) is 0 Å². The van der Waals surface area contributed by atoms with Crippen molar-refractivity contribution in [2.45, 2.75) is 13.8 Å². The summed E-state index contributed by atoms with van der Waals surface area (Å²) in [5.41, 5.74) is 5.22. The zero-order valence-corrected chi connectivity index (χ0v) is 19.8. The van der Waals surface area contributed by atoms with E-state index >= 15 is 0 Å². The predicted molar refractivity (Wildman–Crippen MR) is 139 cm³/mol. The number of hydrogen-bond donors (Lipinski definition) is 0. The number of carbonyl (C=O) groups excluding carboxylic acids is 1. The molecule has 0 saturated heterocycles. The number of aromatic nitrogens is 2. The molecule has 0 radical (unpaired) electrons. The lowest BCUT2D eigenvalue weighted by Gasteiger charge is -2.13. The van der Waals surface area contributed by atoms with E-state index in [2.05, 4.69) is 0 Å². The molecule has 0 fully saturated rings. The number of hydrogen-bond acceptors (Lipinski definition) is 4. The topological polar surface area (TPSA) is 61.2 Å². The second-order valence-electron chi connectivity index (χ2n) is 8.54. The summed E-state index contributed by atoms with van der Waals surface area (Å²) in [6.45, 7) is 3.96. The van der Waals surface area contributed by atoms with Crippen LogP contribution in [0.5, 0.6) is 5.75 Å². The fourth-order valence-electron chi connectivity index (χ4n) is 4.23. The van der Waals surface area contributed by atoms with Gasteiger partial charge in [0.1, 0.15) is 5.75 Å². The number of ketones is 1. The van der Waals surface area contributed by atoms with Crippen LogP contribution >= 0.6 is 0 Å². The standard InChI is InChI=1S/C30H24N2O3/c1-19-8-10-21(11-9-19)29(33)22-12-15-24(16-13-22)32-30(34)26-7-5-4-6-25(26)28(31-32)23-14-17-27(35-3)20(2)18-23/h4-18H,1-3H3. The number of fused-ring (bicyclic) bond motifs is 1. The van der Waals surface area contributed by atoms with Crippen LogP contribution in [0.4, 0.5) is 0 Å². The number of rotatable bonds is 5. The van der Waals surface area contributed by atoms with Crippen molar-refractivity contribution >= 4 is 16.6 Å². The van der Waals surface area contributed by atoms with Crippen molar-refractivity contribution in [3.8, 4) is 22.7 Å². The monoisotopic (exact) mass is 460 g/mol. The Morgan fingerprint density at radius 2 is 1.43 bits per heavy atom. The summed E-state index contributed by atoms with van der Waals surface area (Å²) in [7, 11) is 1.64. The van der Waals surface area contributed by atoms with E-state index in [1.165, 1.54) is 4.68 Å². The third-order valence-electron chi connectivity index (χ3n) is 6.16. The molecule has 0 N–H and O–H groups in total. The first-order valence-electron chi connectivity index (χ1n) is 11.3. The van der Waals surface area contributed by atoms with Crippen molar-refractivity contribution in [1.82, 2.24) is 9.78 Å². The van der Waals surface area contributed by atoms with E-state index in [1.54, 1.807) is 31.4 Å². The number of nitrogens with zero attached hydrogens (tertiary/aromatic N) is 2. The molecule has 5 aromatic rings. The Morgan fingerprint density at radius 3 is 2.06 bits per heavy atom. The lowest BCUT2D eigenvalue weighted by atomic mass is 10.0. The molecule has 0 bridgehead atoms. The van der Waals surface area contributed by atoms with Crippen molar-refractivity contribution in [1.29, 1.82) is 0 Å².